The van der Waals surface area contributed by atoms with Crippen LogP contribution in [0.4, 0.5) is 10.1 Å². The molecule has 3 aromatic rings. The van der Waals surface area contributed by atoms with Gasteiger partial charge in [-0.05, 0) is 36.4 Å². The van der Waals surface area contributed by atoms with Crippen molar-refractivity contribution in [1.82, 2.24) is 0 Å². The number of nitrogens with one attached hydrogen (secondary N) is 1. The predicted molar refractivity (Wildman–Crippen MR) is 99.1 cm³/mol. The number of primary sulfonamides is 1. The number of thiophene rings is 1. The van der Waals surface area contributed by atoms with Crippen LogP contribution in [0.2, 0.25) is 5.02 Å². The van der Waals surface area contributed by atoms with Gasteiger partial charge in [0.2, 0.25) is 10.0 Å². The molecule has 1 aromatic heterocycles. The molecule has 1 heterocycles. The summed E-state index contributed by atoms with van der Waals surface area (Å²) in [5, 5.41) is 8.47. The van der Waals surface area contributed by atoms with Gasteiger partial charge >= 0.3 is 0 Å². The highest BCUT2D eigenvalue weighted by Gasteiger charge is 2.20. The van der Waals surface area contributed by atoms with Crippen LogP contribution in [0.3, 0.4) is 0 Å². The number of methoxy groups -OCH3 is 1. The zero-order chi connectivity index (χ0) is 19.1. The summed E-state index contributed by atoms with van der Waals surface area (Å²) in [5.74, 6) is -0.932. The lowest BCUT2D eigenvalue weighted by Gasteiger charge is -2.10. The van der Waals surface area contributed by atoms with E-state index in [0.717, 1.165) is 11.3 Å². The van der Waals surface area contributed by atoms with Crippen molar-refractivity contribution in [2.24, 2.45) is 5.14 Å². The third-order valence-electron chi connectivity index (χ3n) is 3.53. The molecule has 3 rings (SSSR count). The van der Waals surface area contributed by atoms with E-state index in [1.807, 2.05) is 0 Å². The summed E-state index contributed by atoms with van der Waals surface area (Å²) in [7, 11) is -2.74. The van der Waals surface area contributed by atoms with Gasteiger partial charge < -0.3 is 10.1 Å². The molecule has 3 N–H and O–H groups in total. The molecule has 2 aromatic carbocycles. The number of nitrogens with two attached hydrogens (primary N) is 1. The van der Waals surface area contributed by atoms with Gasteiger partial charge in [0.1, 0.15) is 21.3 Å². The molecule has 0 saturated heterocycles. The van der Waals surface area contributed by atoms with E-state index in [2.05, 4.69) is 5.32 Å². The summed E-state index contributed by atoms with van der Waals surface area (Å²) in [6.45, 7) is 0. The van der Waals surface area contributed by atoms with Crippen LogP contribution in [0.15, 0.2) is 41.3 Å². The molecule has 10 heteroatoms. The van der Waals surface area contributed by atoms with Crippen molar-refractivity contribution in [1.29, 1.82) is 0 Å². The fourth-order valence-electron chi connectivity index (χ4n) is 2.35. The van der Waals surface area contributed by atoms with Crippen LogP contribution in [-0.2, 0) is 10.0 Å². The Morgan fingerprint density at radius 1 is 1.27 bits per heavy atom. The molecule has 0 aliphatic rings. The van der Waals surface area contributed by atoms with Gasteiger partial charge in [0.05, 0.1) is 12.1 Å². The lowest BCUT2D eigenvalue weighted by Crippen LogP contribution is -2.15. The largest absolute Gasteiger partial charge is 0.495 e. The molecule has 1 amide bonds. The van der Waals surface area contributed by atoms with Gasteiger partial charge in [0.15, 0.2) is 0 Å². The third-order valence-corrected chi connectivity index (χ3v) is 6.11. The van der Waals surface area contributed by atoms with E-state index in [1.165, 1.54) is 43.5 Å². The number of rotatable bonds is 4. The molecule has 26 heavy (non-hydrogen) atoms. The van der Waals surface area contributed by atoms with Gasteiger partial charge in [-0.1, -0.05) is 11.6 Å². The summed E-state index contributed by atoms with van der Waals surface area (Å²) in [4.78, 5) is 12.4. The lowest BCUT2D eigenvalue weighted by molar-refractivity contribution is 0.103. The van der Waals surface area contributed by atoms with Crippen molar-refractivity contribution < 1.29 is 22.3 Å². The molecule has 0 spiro atoms. The second-order valence-corrected chi connectivity index (χ2v) is 8.21. The van der Waals surface area contributed by atoms with Gasteiger partial charge in [-0.15, -0.1) is 11.3 Å². The molecular weight excluding hydrogens is 403 g/mol. The van der Waals surface area contributed by atoms with Crippen molar-refractivity contribution >= 4 is 54.6 Å². The Bertz CT molecular complexity index is 1130. The molecular formula is C16H12ClFN2O4S2. The van der Waals surface area contributed by atoms with E-state index >= 15 is 0 Å². The number of hydrogen-bond acceptors (Lipinski definition) is 5. The number of benzene rings is 2. The van der Waals surface area contributed by atoms with Crippen LogP contribution in [0.1, 0.15) is 9.67 Å². The lowest BCUT2D eigenvalue weighted by atomic mass is 10.2. The number of carbonyl (C=O) groups excluding carboxylic acids is 1. The Labute approximate surface area is 157 Å². The van der Waals surface area contributed by atoms with Gasteiger partial charge in [-0.25, -0.2) is 17.9 Å². The van der Waals surface area contributed by atoms with Crippen LogP contribution < -0.4 is 15.2 Å². The highest BCUT2D eigenvalue weighted by molar-refractivity contribution is 7.89. The standard InChI is InChI=1S/C16H12ClFN2O4S2/c1-24-11-5-3-9(7-13(11)26(19,22)23)20-16(21)15-14(17)10-4-2-8(18)6-12(10)25-15/h2-7H,1H3,(H,20,21)(H2,19,22,23). The van der Waals surface area contributed by atoms with E-state index in [4.69, 9.17) is 21.5 Å². The number of carbonyl (C=O) groups is 1. The first-order chi connectivity index (χ1) is 12.2. The fraction of sp³-hybridized carbons (Fsp3) is 0.0625. The molecule has 0 fully saturated rings. The minimum atomic E-state index is -4.04. The van der Waals surface area contributed by atoms with Gasteiger partial charge in [0, 0.05) is 15.8 Å². The first-order valence-corrected chi connectivity index (χ1v) is 9.84. The van der Waals surface area contributed by atoms with E-state index in [0.29, 0.717) is 10.1 Å². The molecule has 0 saturated carbocycles. The first-order valence-electron chi connectivity index (χ1n) is 7.10. The molecule has 6 nitrogen and oxygen atoms in total. The van der Waals surface area contributed by atoms with E-state index < -0.39 is 21.7 Å². The summed E-state index contributed by atoms with van der Waals surface area (Å²) in [6.07, 6.45) is 0. The predicted octanol–water partition coefficient (Wildman–Crippen LogP) is 3.60. The number of halogens is 2. The van der Waals surface area contributed by atoms with Gasteiger partial charge in [0.25, 0.3) is 5.91 Å². The average molecular weight is 415 g/mol. The summed E-state index contributed by atoms with van der Waals surface area (Å²) in [6, 6.07) is 8.06. The Balaban J connectivity index is 1.97. The van der Waals surface area contributed by atoms with E-state index in [9.17, 15) is 17.6 Å². The SMILES string of the molecule is COc1ccc(NC(=O)c2sc3cc(F)ccc3c2Cl)cc1S(N)(=O)=O. The summed E-state index contributed by atoms with van der Waals surface area (Å²) >= 11 is 7.24. The van der Waals surface area contributed by atoms with Crippen LogP contribution in [0.5, 0.6) is 5.75 Å². The normalized spacial score (nSPS) is 11.5. The maximum absolute atomic E-state index is 13.3. The summed E-state index contributed by atoms with van der Waals surface area (Å²) in [5.41, 5.74) is 0.194. The zero-order valence-corrected chi connectivity index (χ0v) is 15.6. The second-order valence-electron chi connectivity index (χ2n) is 5.25. The molecule has 0 radical (unpaired) electrons. The number of sulfonamides is 1. The van der Waals surface area contributed by atoms with E-state index in [1.54, 1.807) is 0 Å². The van der Waals surface area contributed by atoms with Crippen molar-refractivity contribution in [2.75, 3.05) is 12.4 Å². The molecule has 136 valence electrons. The third kappa shape index (κ3) is 3.51. The number of fused-ring (bicyclic) bond motifs is 1. The first kappa shape index (κ1) is 18.6. The maximum Gasteiger partial charge on any atom is 0.267 e. The van der Waals surface area contributed by atoms with Gasteiger partial charge in [-0.2, -0.15) is 0 Å². The van der Waals surface area contributed by atoms with Crippen molar-refractivity contribution in [3.8, 4) is 5.75 Å². The topological polar surface area (TPSA) is 98.5 Å². The van der Waals surface area contributed by atoms with Crippen LogP contribution in [0, 0.1) is 5.82 Å². The average Bonchev–Trinajstić information content (AvgIpc) is 2.90. The number of amides is 1. The maximum atomic E-state index is 13.3. The number of hydrogen-bond donors (Lipinski definition) is 2. The minimum Gasteiger partial charge on any atom is -0.495 e. The summed E-state index contributed by atoms with van der Waals surface area (Å²) < 4.78 is 42.1. The number of anilines is 1. The molecule has 0 atom stereocenters. The fourth-order valence-corrected chi connectivity index (χ4v) is 4.51. The Morgan fingerprint density at radius 2 is 2.00 bits per heavy atom. The molecule has 0 aliphatic carbocycles. The zero-order valence-electron chi connectivity index (χ0n) is 13.2. The Morgan fingerprint density at radius 3 is 2.65 bits per heavy atom. The van der Waals surface area contributed by atoms with Crippen LogP contribution in [0.25, 0.3) is 10.1 Å². The van der Waals surface area contributed by atoms with Crippen molar-refractivity contribution in [3.63, 3.8) is 0 Å². The Kier molecular flexibility index (Phi) is 4.89. The van der Waals surface area contributed by atoms with Gasteiger partial charge in [-0.3, -0.25) is 4.79 Å². The quantitative estimate of drug-likeness (QED) is 0.681. The highest BCUT2D eigenvalue weighted by atomic mass is 35.5. The van der Waals surface area contributed by atoms with Crippen LogP contribution in [-0.4, -0.2) is 21.4 Å². The highest BCUT2D eigenvalue weighted by Crippen LogP contribution is 2.36. The van der Waals surface area contributed by atoms with Crippen molar-refractivity contribution in [3.05, 3.63) is 52.1 Å². The van der Waals surface area contributed by atoms with Crippen molar-refractivity contribution in [2.45, 2.75) is 4.90 Å². The second kappa shape index (κ2) is 6.84. The smallest absolute Gasteiger partial charge is 0.267 e. The monoisotopic (exact) mass is 414 g/mol. The Hall–Kier alpha value is -2.20. The van der Waals surface area contributed by atoms with E-state index in [-0.39, 0.29) is 26.2 Å². The molecule has 0 aliphatic heterocycles. The number of ether oxygens (including phenoxy) is 1. The molecule has 0 bridgehead atoms. The minimum absolute atomic E-state index is 0.0564. The molecule has 0 unspecified atom stereocenters. The van der Waals surface area contributed by atoms with Crippen LogP contribution >= 0.6 is 22.9 Å².